The molecule has 0 aliphatic rings. The van der Waals surface area contributed by atoms with E-state index in [0.717, 1.165) is 12.0 Å². The molecule has 0 atom stereocenters. The van der Waals surface area contributed by atoms with Crippen molar-refractivity contribution in [2.75, 3.05) is 0 Å². The van der Waals surface area contributed by atoms with E-state index in [2.05, 4.69) is 17.2 Å². The molecule has 3 nitrogen and oxygen atoms in total. The number of allylic oxidation sites excluding steroid dienone is 1. The van der Waals surface area contributed by atoms with Gasteiger partial charge in [0.2, 0.25) is 0 Å². The Morgan fingerprint density at radius 1 is 1.67 bits per heavy atom. The van der Waals surface area contributed by atoms with Crippen LogP contribution in [0.3, 0.4) is 0 Å². The lowest BCUT2D eigenvalue weighted by Crippen LogP contribution is -2.09. The van der Waals surface area contributed by atoms with Crippen LogP contribution in [0.5, 0.6) is 0 Å². The molecule has 0 aromatic heterocycles. The van der Waals surface area contributed by atoms with Crippen LogP contribution in [0.2, 0.25) is 0 Å². The summed E-state index contributed by atoms with van der Waals surface area (Å²) in [5.41, 5.74) is 0.880. The molecule has 50 valence electrons. The summed E-state index contributed by atoms with van der Waals surface area (Å²) < 4.78 is 0. The van der Waals surface area contributed by atoms with Gasteiger partial charge in [0.15, 0.2) is 0 Å². The van der Waals surface area contributed by atoms with Crippen molar-refractivity contribution in [2.24, 2.45) is 0 Å². The molecule has 0 saturated carbocycles. The molecule has 0 unspecified atom stereocenters. The van der Waals surface area contributed by atoms with Crippen molar-refractivity contribution >= 4 is 6.34 Å². The molecule has 0 rings (SSSR count). The Kier molecular flexibility index (Phi) is 4.22. The van der Waals surface area contributed by atoms with Gasteiger partial charge in [-0.1, -0.05) is 6.58 Å². The summed E-state index contributed by atoms with van der Waals surface area (Å²) in [4.78, 5) is 0. The van der Waals surface area contributed by atoms with E-state index in [9.17, 15) is 0 Å². The monoisotopic (exact) mass is 125 g/mol. The number of rotatable bonds is 4. The van der Waals surface area contributed by atoms with Crippen molar-refractivity contribution in [3.8, 4) is 0 Å². The quantitative estimate of drug-likeness (QED) is 0.384. The lowest BCUT2D eigenvalue weighted by Gasteiger charge is -1.96. The first-order chi connectivity index (χ1) is 4.31. The summed E-state index contributed by atoms with van der Waals surface area (Å²) in [5, 5.41) is 12.1. The summed E-state index contributed by atoms with van der Waals surface area (Å²) >= 11 is 0. The fourth-order valence-electron chi connectivity index (χ4n) is 0.339. The maximum Gasteiger partial charge on any atom is 0.0833 e. The Labute approximate surface area is 55.0 Å². The highest BCUT2D eigenvalue weighted by molar-refractivity contribution is 5.52. The van der Waals surface area contributed by atoms with Crippen LogP contribution in [0.25, 0.3) is 0 Å². The molecule has 0 fully saturated rings. The lowest BCUT2D eigenvalue weighted by molar-refractivity contribution is 1.06. The Morgan fingerprint density at radius 2 is 2.33 bits per heavy atom. The van der Waals surface area contributed by atoms with Crippen LogP contribution in [0.4, 0.5) is 0 Å². The summed E-state index contributed by atoms with van der Waals surface area (Å²) in [6.07, 6.45) is 4.41. The van der Waals surface area contributed by atoms with Gasteiger partial charge in [-0.05, 0) is 13.1 Å². The summed E-state index contributed by atoms with van der Waals surface area (Å²) in [6.45, 7) is 5.30. The molecular formula is C6H11N3. The smallest absolute Gasteiger partial charge is 0.0833 e. The molecule has 0 amide bonds. The zero-order valence-corrected chi connectivity index (χ0v) is 5.44. The predicted molar refractivity (Wildman–Crippen MR) is 39.0 cm³/mol. The first kappa shape index (κ1) is 7.75. The van der Waals surface area contributed by atoms with Crippen LogP contribution in [-0.2, 0) is 0 Å². The molecule has 0 bridgehead atoms. The Bertz CT molecular complexity index is 126. The van der Waals surface area contributed by atoms with Crippen molar-refractivity contribution in [1.29, 1.82) is 5.41 Å². The molecule has 0 saturated heterocycles. The average molecular weight is 125 g/mol. The zero-order valence-electron chi connectivity index (χ0n) is 5.44. The second kappa shape index (κ2) is 4.90. The van der Waals surface area contributed by atoms with E-state index >= 15 is 0 Å². The van der Waals surface area contributed by atoms with Gasteiger partial charge in [-0.2, -0.15) is 0 Å². The topological polar surface area (TPSA) is 47.9 Å². The van der Waals surface area contributed by atoms with Crippen molar-refractivity contribution in [3.63, 3.8) is 0 Å². The lowest BCUT2D eigenvalue weighted by atomic mass is 10.5. The van der Waals surface area contributed by atoms with Gasteiger partial charge in [0.25, 0.3) is 0 Å². The second-order valence-electron chi connectivity index (χ2n) is 1.49. The predicted octanol–water partition coefficient (Wildman–Crippen LogP) is 0.777. The molecule has 0 aliphatic carbocycles. The highest BCUT2D eigenvalue weighted by Gasteiger charge is 1.77. The average Bonchev–Trinajstić information content (AvgIpc) is 1.85. The number of hydrogen-bond donors (Lipinski definition) is 3. The van der Waals surface area contributed by atoms with Gasteiger partial charge < -0.3 is 10.6 Å². The highest BCUT2D eigenvalue weighted by Crippen LogP contribution is 1.78. The normalized spacial score (nSPS) is 10.1. The van der Waals surface area contributed by atoms with Gasteiger partial charge >= 0.3 is 0 Å². The van der Waals surface area contributed by atoms with Gasteiger partial charge in [-0.15, -0.1) is 0 Å². The number of nitrogens with one attached hydrogen (secondary N) is 3. The molecule has 3 N–H and O–H groups in total. The van der Waals surface area contributed by atoms with Crippen molar-refractivity contribution in [2.45, 2.75) is 6.92 Å². The Balaban J connectivity index is 3.53. The van der Waals surface area contributed by atoms with E-state index in [0.29, 0.717) is 0 Å². The van der Waals surface area contributed by atoms with E-state index < -0.39 is 0 Å². The minimum Gasteiger partial charge on any atom is -0.367 e. The zero-order chi connectivity index (χ0) is 7.11. The van der Waals surface area contributed by atoms with E-state index in [-0.39, 0.29) is 0 Å². The third kappa shape index (κ3) is 4.61. The van der Waals surface area contributed by atoms with Gasteiger partial charge in [-0.25, -0.2) is 0 Å². The Hall–Kier alpha value is -1.25. The first-order valence-electron chi connectivity index (χ1n) is 2.60. The minimum absolute atomic E-state index is 0.880. The minimum atomic E-state index is 0.880. The van der Waals surface area contributed by atoms with E-state index in [1.54, 1.807) is 12.4 Å². The van der Waals surface area contributed by atoms with Gasteiger partial charge in [0.1, 0.15) is 0 Å². The molecular weight excluding hydrogens is 114 g/mol. The third-order valence-corrected chi connectivity index (χ3v) is 0.718. The van der Waals surface area contributed by atoms with Crippen molar-refractivity contribution in [1.82, 2.24) is 10.6 Å². The molecule has 0 aromatic carbocycles. The van der Waals surface area contributed by atoms with E-state index in [4.69, 9.17) is 5.41 Å². The molecule has 0 radical (unpaired) electrons. The second-order valence-corrected chi connectivity index (χ2v) is 1.49. The van der Waals surface area contributed by atoms with Crippen molar-refractivity contribution in [3.05, 3.63) is 24.7 Å². The molecule has 0 aliphatic heterocycles. The highest BCUT2D eigenvalue weighted by atomic mass is 14.9. The van der Waals surface area contributed by atoms with E-state index in [1.165, 1.54) is 0 Å². The van der Waals surface area contributed by atoms with Crippen molar-refractivity contribution < 1.29 is 0 Å². The Morgan fingerprint density at radius 3 is 2.78 bits per heavy atom. The number of hydrogen-bond acceptors (Lipinski definition) is 2. The summed E-state index contributed by atoms with van der Waals surface area (Å²) in [7, 11) is 0. The maximum atomic E-state index is 6.64. The molecule has 0 spiro atoms. The molecule has 0 heterocycles. The fraction of sp³-hybridized carbons (Fsp3) is 0.167. The van der Waals surface area contributed by atoms with Crippen LogP contribution in [0.1, 0.15) is 6.92 Å². The fourth-order valence-corrected chi connectivity index (χ4v) is 0.339. The SMILES string of the molecule is C=CN/C=C(/C)NC=N. The largest absolute Gasteiger partial charge is 0.367 e. The first-order valence-corrected chi connectivity index (χ1v) is 2.60. The van der Waals surface area contributed by atoms with Gasteiger partial charge in [0, 0.05) is 11.9 Å². The molecule has 0 aromatic rings. The van der Waals surface area contributed by atoms with Crippen LogP contribution in [-0.4, -0.2) is 6.34 Å². The summed E-state index contributed by atoms with van der Waals surface area (Å²) in [5.74, 6) is 0. The van der Waals surface area contributed by atoms with Gasteiger partial charge in [0.05, 0.1) is 6.34 Å². The van der Waals surface area contributed by atoms with Crippen LogP contribution in [0, 0.1) is 5.41 Å². The van der Waals surface area contributed by atoms with E-state index in [1.807, 2.05) is 6.92 Å². The standard InChI is InChI=1S/C6H11N3/c1-3-8-4-6(2)9-5-7/h3-5,8H,1H2,2H3,(H2,7,9)/b6-4-. The third-order valence-electron chi connectivity index (χ3n) is 0.718. The van der Waals surface area contributed by atoms with Crippen LogP contribution < -0.4 is 10.6 Å². The molecule has 3 heteroatoms. The van der Waals surface area contributed by atoms with Crippen LogP contribution in [0.15, 0.2) is 24.7 Å². The maximum absolute atomic E-state index is 6.64. The van der Waals surface area contributed by atoms with Crippen LogP contribution >= 0.6 is 0 Å². The molecule has 9 heavy (non-hydrogen) atoms. The van der Waals surface area contributed by atoms with Gasteiger partial charge in [-0.3, -0.25) is 5.41 Å². The summed E-state index contributed by atoms with van der Waals surface area (Å²) in [6, 6.07) is 0.